The van der Waals surface area contributed by atoms with E-state index < -0.39 is 0 Å². The lowest BCUT2D eigenvalue weighted by molar-refractivity contribution is 0.0962. The van der Waals surface area contributed by atoms with Gasteiger partial charge in [-0.05, 0) is 62.9 Å². The molecular weight excluding hydrogens is 427 g/mol. The van der Waals surface area contributed by atoms with Crippen LogP contribution in [0, 0.1) is 11.7 Å². The molecule has 34 heavy (non-hydrogen) atoms. The molecule has 176 valence electrons. The van der Waals surface area contributed by atoms with Crippen LogP contribution in [-0.2, 0) is 5.41 Å². The van der Waals surface area contributed by atoms with Crippen LogP contribution in [0.5, 0.6) is 0 Å². The van der Waals surface area contributed by atoms with Gasteiger partial charge in [0.25, 0.3) is 0 Å². The standard InChI is InChI=1S/C28H31FN4O/c1-19(6-5-13-30-2)14-26(34)20-9-10-23-25(15-20)33(18-28(23)11-12-28)27-31-16-21(17-32-27)22-7-3-4-8-24(22)29/h3-4,7-10,15-17,19,30H,5-6,11-14,18H2,1-2H3. The largest absolute Gasteiger partial charge is 0.320 e. The highest BCUT2D eigenvalue weighted by Gasteiger charge is 2.52. The van der Waals surface area contributed by atoms with E-state index >= 15 is 0 Å². The number of aromatic nitrogens is 2. The Morgan fingerprint density at radius 3 is 2.65 bits per heavy atom. The fourth-order valence-electron chi connectivity index (χ4n) is 5.07. The zero-order valence-electron chi connectivity index (χ0n) is 19.9. The minimum atomic E-state index is -0.286. The van der Waals surface area contributed by atoms with E-state index in [4.69, 9.17) is 0 Å². The van der Waals surface area contributed by atoms with Gasteiger partial charge in [-0.25, -0.2) is 14.4 Å². The van der Waals surface area contributed by atoms with Crippen molar-refractivity contribution in [2.45, 2.75) is 44.4 Å². The van der Waals surface area contributed by atoms with Gasteiger partial charge < -0.3 is 10.2 Å². The number of halogens is 1. The first-order chi connectivity index (χ1) is 16.5. The molecule has 1 spiro atoms. The highest BCUT2D eigenvalue weighted by Crippen LogP contribution is 2.57. The first-order valence-electron chi connectivity index (χ1n) is 12.2. The minimum Gasteiger partial charge on any atom is -0.320 e. The van der Waals surface area contributed by atoms with E-state index in [0.29, 0.717) is 29.4 Å². The molecule has 1 aromatic heterocycles. The van der Waals surface area contributed by atoms with Crippen molar-refractivity contribution < 1.29 is 9.18 Å². The van der Waals surface area contributed by atoms with Crippen molar-refractivity contribution in [1.29, 1.82) is 0 Å². The Kier molecular flexibility index (Phi) is 6.17. The molecule has 1 fully saturated rings. The summed E-state index contributed by atoms with van der Waals surface area (Å²) in [6, 6.07) is 12.8. The van der Waals surface area contributed by atoms with Gasteiger partial charge in [-0.1, -0.05) is 37.3 Å². The molecular formula is C28H31FN4O. The Morgan fingerprint density at radius 1 is 1.18 bits per heavy atom. The summed E-state index contributed by atoms with van der Waals surface area (Å²) in [7, 11) is 1.95. The van der Waals surface area contributed by atoms with Gasteiger partial charge in [-0.3, -0.25) is 4.79 Å². The van der Waals surface area contributed by atoms with Gasteiger partial charge in [-0.2, -0.15) is 0 Å². The van der Waals surface area contributed by atoms with E-state index in [2.05, 4.69) is 33.2 Å². The number of fused-ring (bicyclic) bond motifs is 2. The van der Waals surface area contributed by atoms with Crippen molar-refractivity contribution in [1.82, 2.24) is 15.3 Å². The first kappa shape index (κ1) is 22.7. The molecule has 0 radical (unpaired) electrons. The normalized spacial score (nSPS) is 16.5. The smallest absolute Gasteiger partial charge is 0.229 e. The van der Waals surface area contributed by atoms with Crippen molar-refractivity contribution in [3.8, 4) is 11.1 Å². The SMILES string of the molecule is CNCCCC(C)CC(=O)c1ccc2c(c1)N(c1ncc(-c3ccccc3F)cn1)CC21CC1. The summed E-state index contributed by atoms with van der Waals surface area (Å²) in [4.78, 5) is 24.4. The number of hydrogen-bond donors (Lipinski definition) is 1. The average Bonchev–Trinajstić information content (AvgIpc) is 3.56. The number of rotatable bonds is 9. The third kappa shape index (κ3) is 4.34. The van der Waals surface area contributed by atoms with Gasteiger partial charge in [0.1, 0.15) is 5.82 Å². The van der Waals surface area contributed by atoms with Crippen LogP contribution in [0.15, 0.2) is 54.9 Å². The van der Waals surface area contributed by atoms with Crippen LogP contribution in [0.2, 0.25) is 0 Å². The highest BCUT2D eigenvalue weighted by molar-refractivity contribution is 5.98. The maximum Gasteiger partial charge on any atom is 0.229 e. The molecule has 2 heterocycles. The van der Waals surface area contributed by atoms with Gasteiger partial charge in [-0.15, -0.1) is 0 Å². The average molecular weight is 459 g/mol. The van der Waals surface area contributed by atoms with Crippen LogP contribution in [-0.4, -0.2) is 35.9 Å². The molecule has 2 aromatic carbocycles. The number of nitrogens with zero attached hydrogens (tertiary/aromatic N) is 3. The van der Waals surface area contributed by atoms with Crippen LogP contribution in [0.25, 0.3) is 11.1 Å². The number of nitrogens with one attached hydrogen (secondary N) is 1. The third-order valence-electron chi connectivity index (χ3n) is 7.22. The molecule has 5 nitrogen and oxygen atoms in total. The summed E-state index contributed by atoms with van der Waals surface area (Å²) in [6.07, 6.45) is 8.31. The quantitative estimate of drug-likeness (QED) is 0.330. The Bertz CT molecular complexity index is 1190. The van der Waals surface area contributed by atoms with E-state index in [0.717, 1.165) is 50.0 Å². The molecule has 0 bridgehead atoms. The fraction of sp³-hybridized carbons (Fsp3) is 0.393. The second-order valence-electron chi connectivity index (χ2n) is 9.83. The molecule has 1 unspecified atom stereocenters. The summed E-state index contributed by atoms with van der Waals surface area (Å²) in [5.41, 5.74) is 4.36. The van der Waals surface area contributed by atoms with Crippen molar-refractivity contribution in [3.05, 3.63) is 71.8 Å². The van der Waals surface area contributed by atoms with Gasteiger partial charge in [0.15, 0.2) is 5.78 Å². The monoisotopic (exact) mass is 458 g/mol. The third-order valence-corrected chi connectivity index (χ3v) is 7.22. The Labute approximate surface area is 200 Å². The van der Waals surface area contributed by atoms with E-state index in [1.54, 1.807) is 30.6 Å². The van der Waals surface area contributed by atoms with Crippen molar-refractivity contribution >= 4 is 17.4 Å². The topological polar surface area (TPSA) is 58.1 Å². The Balaban J connectivity index is 1.38. The molecule has 1 aliphatic carbocycles. The van der Waals surface area contributed by atoms with Gasteiger partial charge in [0, 0.05) is 53.2 Å². The minimum absolute atomic E-state index is 0.144. The molecule has 1 N–H and O–H groups in total. The summed E-state index contributed by atoms with van der Waals surface area (Å²) in [5.74, 6) is 0.849. The number of Topliss-reactive ketones (excluding diaryl/α,β-unsaturated/α-hetero) is 1. The van der Waals surface area contributed by atoms with E-state index in [1.165, 1.54) is 11.6 Å². The number of anilines is 2. The van der Waals surface area contributed by atoms with E-state index in [1.807, 2.05) is 19.2 Å². The lowest BCUT2D eigenvalue weighted by Gasteiger charge is -2.18. The van der Waals surface area contributed by atoms with E-state index in [9.17, 15) is 9.18 Å². The number of carbonyl (C=O) groups excluding carboxylic acids is 1. The van der Waals surface area contributed by atoms with Crippen LogP contribution in [0.4, 0.5) is 16.0 Å². The fourth-order valence-corrected chi connectivity index (χ4v) is 5.07. The predicted molar refractivity (Wildman–Crippen MR) is 133 cm³/mol. The molecule has 3 aromatic rings. The molecule has 6 heteroatoms. The second kappa shape index (κ2) is 9.26. The second-order valence-corrected chi connectivity index (χ2v) is 9.83. The molecule has 0 saturated heterocycles. The van der Waals surface area contributed by atoms with Gasteiger partial charge in [0.05, 0.1) is 0 Å². The number of hydrogen-bond acceptors (Lipinski definition) is 5. The number of benzene rings is 2. The van der Waals surface area contributed by atoms with E-state index in [-0.39, 0.29) is 17.0 Å². The Hall–Kier alpha value is -3.12. The van der Waals surface area contributed by atoms with Crippen LogP contribution in [0.3, 0.4) is 0 Å². The zero-order chi connectivity index (χ0) is 23.7. The summed E-state index contributed by atoms with van der Waals surface area (Å²) in [5, 5.41) is 3.16. The Morgan fingerprint density at radius 2 is 1.94 bits per heavy atom. The summed E-state index contributed by atoms with van der Waals surface area (Å²) < 4.78 is 14.2. The van der Waals surface area contributed by atoms with Gasteiger partial charge in [0.2, 0.25) is 5.95 Å². The molecule has 0 amide bonds. The zero-order valence-corrected chi connectivity index (χ0v) is 19.9. The van der Waals surface area contributed by atoms with Crippen molar-refractivity contribution in [2.75, 3.05) is 25.0 Å². The summed E-state index contributed by atoms with van der Waals surface area (Å²) in [6.45, 7) is 3.95. The predicted octanol–water partition coefficient (Wildman–Crippen LogP) is 5.67. The van der Waals surface area contributed by atoms with Crippen LogP contribution in [0.1, 0.15) is 54.9 Å². The van der Waals surface area contributed by atoms with Crippen molar-refractivity contribution in [3.63, 3.8) is 0 Å². The first-order valence-corrected chi connectivity index (χ1v) is 12.2. The van der Waals surface area contributed by atoms with Crippen LogP contribution < -0.4 is 10.2 Å². The lowest BCUT2D eigenvalue weighted by atomic mass is 9.93. The maximum absolute atomic E-state index is 14.2. The van der Waals surface area contributed by atoms with Crippen LogP contribution >= 0.6 is 0 Å². The summed E-state index contributed by atoms with van der Waals surface area (Å²) >= 11 is 0. The number of carbonyl (C=O) groups is 1. The lowest BCUT2D eigenvalue weighted by Crippen LogP contribution is -2.21. The molecule has 1 atom stereocenters. The molecule has 5 rings (SSSR count). The van der Waals surface area contributed by atoms with Crippen molar-refractivity contribution in [2.24, 2.45) is 5.92 Å². The van der Waals surface area contributed by atoms with Gasteiger partial charge >= 0.3 is 0 Å². The molecule has 1 saturated carbocycles. The highest BCUT2D eigenvalue weighted by atomic mass is 19.1. The molecule has 1 aliphatic heterocycles. The maximum atomic E-state index is 14.2. The number of ketones is 1. The molecule has 2 aliphatic rings.